The summed E-state index contributed by atoms with van der Waals surface area (Å²) in [5.41, 5.74) is 3.57. The maximum absolute atomic E-state index is 11.8. The molecule has 1 aliphatic heterocycles. The molecule has 0 aliphatic carbocycles. The molecule has 0 aromatic heterocycles. The molecule has 0 saturated carbocycles. The number of benzene rings is 2. The fourth-order valence-corrected chi connectivity index (χ4v) is 2.21. The van der Waals surface area contributed by atoms with E-state index < -0.39 is 5.91 Å². The molecule has 2 aromatic carbocycles. The zero-order chi connectivity index (χ0) is 18.4. The Hall–Kier alpha value is -3.73. The maximum Gasteiger partial charge on any atom is 0.277 e. The Balaban J connectivity index is 1.53. The third-order valence-electron chi connectivity index (χ3n) is 3.44. The summed E-state index contributed by atoms with van der Waals surface area (Å²) in [6.07, 6.45) is 1.46. The normalized spacial score (nSPS) is 11.8. The van der Waals surface area contributed by atoms with Gasteiger partial charge in [-0.15, -0.1) is 0 Å². The predicted octanol–water partition coefficient (Wildman–Crippen LogP) is 1.82. The Morgan fingerprint density at radius 3 is 2.88 bits per heavy atom. The zero-order valence-electron chi connectivity index (χ0n) is 13.9. The van der Waals surface area contributed by atoms with Crippen LogP contribution in [0.25, 0.3) is 0 Å². The standard InChI is InChI=1S/C18H15N3O5/c1-23-15-6-13(7-16-18(15)26-11-25-16)9-20-21-17(22)10-24-14-4-2-12(8-19)3-5-14/h2-7,9H,10-11H2,1H3,(H,21,22)/b20-9+. The van der Waals surface area contributed by atoms with Crippen molar-refractivity contribution in [3.8, 4) is 29.1 Å². The fourth-order valence-electron chi connectivity index (χ4n) is 2.21. The summed E-state index contributed by atoms with van der Waals surface area (Å²) < 4.78 is 21.2. The highest BCUT2D eigenvalue weighted by Gasteiger charge is 2.19. The van der Waals surface area contributed by atoms with E-state index >= 15 is 0 Å². The first-order valence-electron chi connectivity index (χ1n) is 7.62. The highest BCUT2D eigenvalue weighted by atomic mass is 16.7. The Labute approximate surface area is 149 Å². The average Bonchev–Trinajstić information content (AvgIpc) is 3.14. The number of nitrogens with one attached hydrogen (secondary N) is 1. The summed E-state index contributed by atoms with van der Waals surface area (Å²) >= 11 is 0. The van der Waals surface area contributed by atoms with Gasteiger partial charge in [0.2, 0.25) is 12.5 Å². The molecule has 8 nitrogen and oxygen atoms in total. The van der Waals surface area contributed by atoms with Crippen LogP contribution in [0.5, 0.6) is 23.0 Å². The van der Waals surface area contributed by atoms with Crippen LogP contribution < -0.4 is 24.4 Å². The van der Waals surface area contributed by atoms with Gasteiger partial charge in [-0.2, -0.15) is 10.4 Å². The SMILES string of the molecule is COc1cc(/C=N/NC(=O)COc2ccc(C#N)cc2)cc2c1OCO2. The lowest BCUT2D eigenvalue weighted by Gasteiger charge is -2.06. The van der Waals surface area contributed by atoms with Crippen LogP contribution in [0.15, 0.2) is 41.5 Å². The second kappa shape index (κ2) is 7.90. The van der Waals surface area contributed by atoms with Crippen LogP contribution in [-0.2, 0) is 4.79 Å². The first-order valence-corrected chi connectivity index (χ1v) is 7.62. The van der Waals surface area contributed by atoms with Gasteiger partial charge in [0.05, 0.1) is 25.0 Å². The van der Waals surface area contributed by atoms with Crippen molar-refractivity contribution >= 4 is 12.1 Å². The molecule has 1 amide bonds. The molecule has 0 spiro atoms. The van der Waals surface area contributed by atoms with Crippen molar-refractivity contribution in [3.63, 3.8) is 0 Å². The fraction of sp³-hybridized carbons (Fsp3) is 0.167. The molecule has 132 valence electrons. The lowest BCUT2D eigenvalue weighted by Crippen LogP contribution is -2.24. The third kappa shape index (κ3) is 4.02. The van der Waals surface area contributed by atoms with Gasteiger partial charge in [-0.05, 0) is 36.4 Å². The van der Waals surface area contributed by atoms with E-state index in [4.69, 9.17) is 24.2 Å². The molecule has 26 heavy (non-hydrogen) atoms. The highest BCUT2D eigenvalue weighted by Crippen LogP contribution is 2.41. The van der Waals surface area contributed by atoms with Crippen LogP contribution >= 0.6 is 0 Å². The molecule has 1 heterocycles. The van der Waals surface area contributed by atoms with Gasteiger partial charge in [0.1, 0.15) is 5.75 Å². The molecule has 1 aliphatic rings. The Morgan fingerprint density at radius 2 is 2.15 bits per heavy atom. The smallest absolute Gasteiger partial charge is 0.277 e. The number of carbonyl (C=O) groups is 1. The number of methoxy groups -OCH3 is 1. The number of rotatable bonds is 6. The summed E-state index contributed by atoms with van der Waals surface area (Å²) in [5.74, 6) is 1.70. The van der Waals surface area contributed by atoms with Gasteiger partial charge in [0.25, 0.3) is 5.91 Å². The van der Waals surface area contributed by atoms with Gasteiger partial charge in [0.15, 0.2) is 18.1 Å². The third-order valence-corrected chi connectivity index (χ3v) is 3.44. The van der Waals surface area contributed by atoms with Gasteiger partial charge in [-0.1, -0.05) is 0 Å². The number of amides is 1. The van der Waals surface area contributed by atoms with Crippen LogP contribution in [0.3, 0.4) is 0 Å². The molecule has 0 radical (unpaired) electrons. The van der Waals surface area contributed by atoms with E-state index in [0.29, 0.717) is 34.1 Å². The van der Waals surface area contributed by atoms with Crippen LogP contribution in [0, 0.1) is 11.3 Å². The molecule has 0 bridgehead atoms. The van der Waals surface area contributed by atoms with Gasteiger partial charge < -0.3 is 18.9 Å². The molecular formula is C18H15N3O5. The van der Waals surface area contributed by atoms with Crippen molar-refractivity contribution in [2.45, 2.75) is 0 Å². The Morgan fingerprint density at radius 1 is 1.35 bits per heavy atom. The van der Waals surface area contributed by atoms with Crippen molar-refractivity contribution in [2.24, 2.45) is 5.10 Å². The van der Waals surface area contributed by atoms with E-state index in [1.807, 2.05) is 6.07 Å². The molecule has 8 heteroatoms. The number of nitriles is 1. The minimum atomic E-state index is -0.418. The Kier molecular flexibility index (Phi) is 5.19. The molecule has 2 aromatic rings. The lowest BCUT2D eigenvalue weighted by atomic mass is 10.2. The van der Waals surface area contributed by atoms with Crippen LogP contribution in [0.1, 0.15) is 11.1 Å². The van der Waals surface area contributed by atoms with Gasteiger partial charge in [0, 0.05) is 5.56 Å². The molecular weight excluding hydrogens is 338 g/mol. The van der Waals surface area contributed by atoms with E-state index in [0.717, 1.165) is 0 Å². The highest BCUT2D eigenvalue weighted by molar-refractivity contribution is 5.84. The van der Waals surface area contributed by atoms with Gasteiger partial charge in [-0.25, -0.2) is 5.43 Å². The lowest BCUT2D eigenvalue weighted by molar-refractivity contribution is -0.123. The molecule has 0 saturated heterocycles. The van der Waals surface area contributed by atoms with Gasteiger partial charge in [-0.3, -0.25) is 4.79 Å². The second-order valence-corrected chi connectivity index (χ2v) is 5.17. The van der Waals surface area contributed by atoms with Crippen molar-refractivity contribution in [3.05, 3.63) is 47.5 Å². The largest absolute Gasteiger partial charge is 0.493 e. The van der Waals surface area contributed by atoms with E-state index in [1.54, 1.807) is 36.4 Å². The van der Waals surface area contributed by atoms with E-state index in [2.05, 4.69) is 10.5 Å². The number of ether oxygens (including phenoxy) is 4. The van der Waals surface area contributed by atoms with Crippen LogP contribution in [0.4, 0.5) is 0 Å². The molecule has 0 unspecified atom stereocenters. The summed E-state index contributed by atoms with van der Waals surface area (Å²) in [6, 6.07) is 11.9. The molecule has 0 fully saturated rings. The van der Waals surface area contributed by atoms with Crippen LogP contribution in [0.2, 0.25) is 0 Å². The summed E-state index contributed by atoms with van der Waals surface area (Å²) in [4.78, 5) is 11.8. The van der Waals surface area contributed by atoms with Crippen molar-refractivity contribution in [2.75, 3.05) is 20.5 Å². The van der Waals surface area contributed by atoms with E-state index in [9.17, 15) is 4.79 Å². The topological polar surface area (TPSA) is 102 Å². The summed E-state index contributed by atoms with van der Waals surface area (Å²) in [7, 11) is 1.53. The summed E-state index contributed by atoms with van der Waals surface area (Å²) in [5, 5.41) is 12.6. The van der Waals surface area contributed by atoms with Gasteiger partial charge >= 0.3 is 0 Å². The Bertz CT molecular complexity index is 872. The minimum Gasteiger partial charge on any atom is -0.493 e. The first-order chi connectivity index (χ1) is 12.7. The number of hydrazone groups is 1. The maximum atomic E-state index is 11.8. The minimum absolute atomic E-state index is 0.135. The van der Waals surface area contributed by atoms with Crippen molar-refractivity contribution in [1.82, 2.24) is 5.43 Å². The number of carbonyl (C=O) groups excluding carboxylic acids is 1. The van der Waals surface area contributed by atoms with Crippen LogP contribution in [-0.4, -0.2) is 32.6 Å². The van der Waals surface area contributed by atoms with Crippen molar-refractivity contribution in [1.29, 1.82) is 5.26 Å². The summed E-state index contributed by atoms with van der Waals surface area (Å²) in [6.45, 7) is -0.0661. The number of nitrogens with zero attached hydrogens (tertiary/aromatic N) is 2. The quantitative estimate of drug-likeness (QED) is 0.628. The number of hydrogen-bond acceptors (Lipinski definition) is 7. The predicted molar refractivity (Wildman–Crippen MR) is 91.5 cm³/mol. The zero-order valence-corrected chi connectivity index (χ0v) is 13.9. The monoisotopic (exact) mass is 353 g/mol. The molecule has 3 rings (SSSR count). The average molecular weight is 353 g/mol. The van der Waals surface area contributed by atoms with E-state index in [-0.39, 0.29) is 13.4 Å². The first kappa shape index (κ1) is 17.1. The number of hydrogen-bond donors (Lipinski definition) is 1. The van der Waals surface area contributed by atoms with Crippen molar-refractivity contribution < 1.29 is 23.7 Å². The van der Waals surface area contributed by atoms with E-state index in [1.165, 1.54) is 13.3 Å². The number of fused-ring (bicyclic) bond motifs is 1. The second-order valence-electron chi connectivity index (χ2n) is 5.17. The molecule has 0 atom stereocenters. The molecule has 1 N–H and O–H groups in total.